The average Bonchev–Trinajstić information content (AvgIpc) is 2.70. The lowest BCUT2D eigenvalue weighted by molar-refractivity contribution is 0.0987. The zero-order valence-corrected chi connectivity index (χ0v) is 17.3. The summed E-state index contributed by atoms with van der Waals surface area (Å²) in [5.74, 6) is 0.516. The Morgan fingerprint density at radius 2 is 1.83 bits per heavy atom. The molecule has 0 aliphatic heterocycles. The van der Waals surface area contributed by atoms with Crippen molar-refractivity contribution in [2.45, 2.75) is 38.8 Å². The smallest absolute Gasteiger partial charge is 0.137 e. The number of aliphatic hydroxyl groups is 1. The number of β-amino-alcohol motifs (C(OH)–C–C–N with tert-alkyl or cyclic N) is 1. The van der Waals surface area contributed by atoms with Crippen molar-refractivity contribution >= 4 is 10.8 Å². The first-order chi connectivity index (χ1) is 13.9. The zero-order chi connectivity index (χ0) is 20.9. The minimum absolute atomic E-state index is 0.136. The van der Waals surface area contributed by atoms with Gasteiger partial charge >= 0.3 is 0 Å². The average molecular weight is 389 g/mol. The molecule has 0 spiro atoms. The fourth-order valence-corrected chi connectivity index (χ4v) is 3.46. The van der Waals surface area contributed by atoms with Gasteiger partial charge in [0.05, 0.1) is 5.56 Å². The van der Waals surface area contributed by atoms with E-state index in [1.54, 1.807) is 6.07 Å². The van der Waals surface area contributed by atoms with Crippen LogP contribution in [0.2, 0.25) is 0 Å². The molecule has 0 fully saturated rings. The molecule has 0 aliphatic carbocycles. The summed E-state index contributed by atoms with van der Waals surface area (Å²) in [6.45, 7) is 6.68. The molecule has 3 aromatic rings. The van der Waals surface area contributed by atoms with Crippen molar-refractivity contribution in [2.75, 3.05) is 13.2 Å². The molecule has 0 amide bonds. The first-order valence-electron chi connectivity index (χ1n) is 9.91. The van der Waals surface area contributed by atoms with E-state index >= 15 is 0 Å². The fraction of sp³-hybridized carbons (Fsp3) is 0.320. The van der Waals surface area contributed by atoms with Crippen LogP contribution in [0, 0.1) is 18.3 Å². The molecule has 0 aromatic heterocycles. The van der Waals surface area contributed by atoms with E-state index < -0.39 is 6.10 Å². The number of benzene rings is 3. The van der Waals surface area contributed by atoms with Crippen molar-refractivity contribution in [3.8, 4) is 11.8 Å². The Morgan fingerprint density at radius 1 is 1.07 bits per heavy atom. The second kappa shape index (κ2) is 9.09. The molecule has 0 unspecified atom stereocenters. The molecule has 4 nitrogen and oxygen atoms in total. The Morgan fingerprint density at radius 3 is 2.59 bits per heavy atom. The summed E-state index contributed by atoms with van der Waals surface area (Å²) in [5, 5.41) is 25.5. The van der Waals surface area contributed by atoms with Crippen LogP contribution in [-0.4, -0.2) is 29.9 Å². The number of aliphatic hydroxyl groups excluding tert-OH is 1. The lowest BCUT2D eigenvalue weighted by atomic mass is 9.93. The number of hydrogen-bond donors (Lipinski definition) is 2. The van der Waals surface area contributed by atoms with Crippen molar-refractivity contribution in [1.29, 1.82) is 5.26 Å². The van der Waals surface area contributed by atoms with Gasteiger partial charge < -0.3 is 15.2 Å². The molecule has 2 N–H and O–H groups in total. The number of nitrogens with zero attached hydrogens (tertiary/aromatic N) is 1. The van der Waals surface area contributed by atoms with Gasteiger partial charge in [0.25, 0.3) is 0 Å². The molecule has 29 heavy (non-hydrogen) atoms. The monoisotopic (exact) mass is 388 g/mol. The van der Waals surface area contributed by atoms with Crippen molar-refractivity contribution < 1.29 is 9.84 Å². The first kappa shape index (κ1) is 20.9. The third-order valence-corrected chi connectivity index (χ3v) is 5.05. The number of rotatable bonds is 8. The molecule has 0 heterocycles. The van der Waals surface area contributed by atoms with Gasteiger partial charge in [-0.15, -0.1) is 0 Å². The van der Waals surface area contributed by atoms with Gasteiger partial charge in [-0.05, 0) is 55.2 Å². The van der Waals surface area contributed by atoms with Crippen molar-refractivity contribution in [3.05, 3.63) is 77.4 Å². The van der Waals surface area contributed by atoms with E-state index in [0.29, 0.717) is 17.9 Å². The van der Waals surface area contributed by atoms with Crippen molar-refractivity contribution in [1.82, 2.24) is 5.32 Å². The van der Waals surface area contributed by atoms with E-state index in [4.69, 9.17) is 4.74 Å². The van der Waals surface area contributed by atoms with Crippen LogP contribution < -0.4 is 10.1 Å². The van der Waals surface area contributed by atoms with E-state index in [1.807, 2.05) is 25.1 Å². The molecular formula is C25H28N2O2. The Balaban J connectivity index is 1.54. The van der Waals surface area contributed by atoms with Gasteiger partial charge in [0, 0.05) is 12.1 Å². The largest absolute Gasteiger partial charge is 0.489 e. The Bertz CT molecular complexity index is 1020. The minimum Gasteiger partial charge on any atom is -0.489 e. The zero-order valence-electron chi connectivity index (χ0n) is 17.3. The highest BCUT2D eigenvalue weighted by Crippen LogP contribution is 2.21. The summed E-state index contributed by atoms with van der Waals surface area (Å²) in [7, 11) is 0. The Kier molecular flexibility index (Phi) is 6.53. The molecule has 3 rings (SSSR count). The van der Waals surface area contributed by atoms with Gasteiger partial charge in [-0.3, -0.25) is 0 Å². The molecule has 0 radical (unpaired) electrons. The van der Waals surface area contributed by atoms with Crippen molar-refractivity contribution in [3.63, 3.8) is 0 Å². The normalized spacial score (nSPS) is 12.5. The first-order valence-corrected chi connectivity index (χ1v) is 9.91. The van der Waals surface area contributed by atoms with Crippen molar-refractivity contribution in [2.24, 2.45) is 0 Å². The molecule has 0 bridgehead atoms. The lowest BCUT2D eigenvalue weighted by Crippen LogP contribution is -2.46. The molecule has 0 saturated heterocycles. The molecule has 0 saturated carbocycles. The maximum Gasteiger partial charge on any atom is 0.137 e. The van der Waals surface area contributed by atoms with E-state index in [9.17, 15) is 10.4 Å². The molecule has 0 aliphatic rings. The fourth-order valence-electron chi connectivity index (χ4n) is 3.46. The number of hydrogen-bond acceptors (Lipinski definition) is 4. The molecule has 1 atom stereocenters. The van der Waals surface area contributed by atoms with E-state index in [1.165, 1.54) is 16.3 Å². The number of nitriles is 1. The molecule has 3 aromatic carbocycles. The van der Waals surface area contributed by atoms with Gasteiger partial charge in [-0.2, -0.15) is 5.26 Å². The number of aryl methyl sites for hydroxylation is 1. The molecule has 4 heteroatoms. The Hall–Kier alpha value is -2.87. The maximum absolute atomic E-state index is 10.3. The van der Waals surface area contributed by atoms with Crippen LogP contribution in [0.25, 0.3) is 10.8 Å². The number of nitrogens with one attached hydrogen (secondary N) is 1. The summed E-state index contributed by atoms with van der Waals surface area (Å²) >= 11 is 0. The van der Waals surface area contributed by atoms with Crippen LogP contribution in [0.3, 0.4) is 0 Å². The van der Waals surface area contributed by atoms with E-state index in [2.05, 4.69) is 61.6 Å². The van der Waals surface area contributed by atoms with Crippen LogP contribution in [0.1, 0.15) is 30.5 Å². The summed E-state index contributed by atoms with van der Waals surface area (Å²) in [4.78, 5) is 0. The lowest BCUT2D eigenvalue weighted by Gasteiger charge is -2.28. The van der Waals surface area contributed by atoms with Crippen LogP contribution in [-0.2, 0) is 6.42 Å². The topological polar surface area (TPSA) is 65.3 Å². The highest BCUT2D eigenvalue weighted by molar-refractivity contribution is 5.83. The van der Waals surface area contributed by atoms with Crippen LogP contribution in [0.4, 0.5) is 0 Å². The third kappa shape index (κ3) is 5.57. The van der Waals surface area contributed by atoms with Gasteiger partial charge in [0.1, 0.15) is 24.5 Å². The maximum atomic E-state index is 10.3. The quantitative estimate of drug-likeness (QED) is 0.601. The second-order valence-corrected chi connectivity index (χ2v) is 8.15. The van der Waals surface area contributed by atoms with Gasteiger partial charge in [0.15, 0.2) is 0 Å². The standard InChI is InChI=1S/C25H28N2O2/c1-18-7-6-10-24(23(18)15-26)29-17-22(28)16-27-25(2,3)14-19-11-12-20-8-4-5-9-21(20)13-19/h4-13,22,27-28H,14,16-17H2,1-3H3/t22-/m1/s1. The number of fused-ring (bicyclic) bond motifs is 1. The number of ether oxygens (including phenoxy) is 1. The predicted octanol–water partition coefficient (Wildman–Crippen LogP) is 4.37. The van der Waals surface area contributed by atoms with E-state index in [0.717, 1.165) is 12.0 Å². The van der Waals surface area contributed by atoms with Gasteiger partial charge in [-0.1, -0.05) is 54.6 Å². The van der Waals surface area contributed by atoms with E-state index in [-0.39, 0.29) is 12.1 Å². The third-order valence-electron chi connectivity index (χ3n) is 5.05. The van der Waals surface area contributed by atoms with Crippen LogP contribution >= 0.6 is 0 Å². The molecular weight excluding hydrogens is 360 g/mol. The summed E-state index contributed by atoms with van der Waals surface area (Å²) in [6, 6.07) is 22.5. The van der Waals surface area contributed by atoms with Crippen LogP contribution in [0.5, 0.6) is 5.75 Å². The second-order valence-electron chi connectivity index (χ2n) is 8.15. The summed E-state index contributed by atoms with van der Waals surface area (Å²) in [6.07, 6.45) is 0.180. The van der Waals surface area contributed by atoms with Gasteiger partial charge in [-0.25, -0.2) is 0 Å². The minimum atomic E-state index is -0.669. The predicted molar refractivity (Wildman–Crippen MR) is 117 cm³/mol. The SMILES string of the molecule is Cc1cccc(OC[C@H](O)CNC(C)(C)Cc2ccc3ccccc3c2)c1C#N. The highest BCUT2D eigenvalue weighted by Gasteiger charge is 2.20. The highest BCUT2D eigenvalue weighted by atomic mass is 16.5. The van der Waals surface area contributed by atoms with Crippen LogP contribution in [0.15, 0.2) is 60.7 Å². The van der Waals surface area contributed by atoms with Gasteiger partial charge in [0.2, 0.25) is 0 Å². The Labute approximate surface area is 172 Å². The summed E-state index contributed by atoms with van der Waals surface area (Å²) < 4.78 is 5.69. The summed E-state index contributed by atoms with van der Waals surface area (Å²) in [5.41, 5.74) is 2.47. The molecule has 150 valence electrons.